The van der Waals surface area contributed by atoms with Crippen molar-refractivity contribution in [2.75, 3.05) is 20.6 Å². The zero-order valence-corrected chi connectivity index (χ0v) is 17.0. The van der Waals surface area contributed by atoms with Crippen LogP contribution in [-0.2, 0) is 10.0 Å². The van der Waals surface area contributed by atoms with E-state index in [2.05, 4.69) is 0 Å². The van der Waals surface area contributed by atoms with E-state index in [0.29, 0.717) is 12.1 Å². The summed E-state index contributed by atoms with van der Waals surface area (Å²) in [6, 6.07) is 11.9. The number of sulfonamides is 1. The number of carbonyl (C=O) groups is 1. The maximum Gasteiger partial charge on any atom is 0.254 e. The predicted molar refractivity (Wildman–Crippen MR) is 104 cm³/mol. The van der Waals surface area contributed by atoms with Gasteiger partial charge in [0.25, 0.3) is 5.91 Å². The van der Waals surface area contributed by atoms with Gasteiger partial charge in [0.15, 0.2) is 0 Å². The normalized spacial score (nSPS) is 12.5. The molecule has 148 valence electrons. The minimum absolute atomic E-state index is 0.0872. The van der Waals surface area contributed by atoms with E-state index in [-0.39, 0.29) is 11.6 Å². The van der Waals surface area contributed by atoms with Crippen LogP contribution in [0.4, 0.5) is 4.39 Å². The molecule has 0 saturated carbocycles. The lowest BCUT2D eigenvalue weighted by Gasteiger charge is -2.29. The van der Waals surface area contributed by atoms with Crippen LogP contribution in [0.3, 0.4) is 0 Å². The topological polar surface area (TPSA) is 81.5 Å². The molecule has 0 N–H and O–H groups in total. The minimum Gasteiger partial charge on any atom is -0.332 e. The van der Waals surface area contributed by atoms with Crippen LogP contribution in [0.1, 0.15) is 41.4 Å². The number of amides is 1. The van der Waals surface area contributed by atoms with E-state index in [9.17, 15) is 17.6 Å². The molecule has 0 fully saturated rings. The molecule has 2 aromatic carbocycles. The second-order valence-corrected chi connectivity index (χ2v) is 8.55. The van der Waals surface area contributed by atoms with Crippen LogP contribution in [-0.4, -0.2) is 44.2 Å². The monoisotopic (exact) mass is 403 g/mol. The lowest BCUT2D eigenvalue weighted by atomic mass is 10.0. The maximum atomic E-state index is 14.1. The fourth-order valence-electron chi connectivity index (χ4n) is 2.81. The first-order chi connectivity index (χ1) is 13.1. The molecule has 0 spiro atoms. The third kappa shape index (κ3) is 4.21. The molecule has 2 rings (SSSR count). The standard InChI is InChI=1S/C20H22FN3O3S/c1-5-24(14(2)16-8-6-15(13-22)7-9-16)20(25)17-10-11-18(21)19(12-17)28(26,27)23(3)4/h6-12,14H,5H2,1-4H3. The Hall–Kier alpha value is -2.76. The summed E-state index contributed by atoms with van der Waals surface area (Å²) in [6.07, 6.45) is 0. The molecule has 2 aromatic rings. The summed E-state index contributed by atoms with van der Waals surface area (Å²) in [5.41, 5.74) is 1.43. The summed E-state index contributed by atoms with van der Waals surface area (Å²) < 4.78 is 39.6. The van der Waals surface area contributed by atoms with Crippen molar-refractivity contribution in [3.63, 3.8) is 0 Å². The minimum atomic E-state index is -4.02. The van der Waals surface area contributed by atoms with E-state index >= 15 is 0 Å². The number of benzene rings is 2. The third-order valence-electron chi connectivity index (χ3n) is 4.53. The van der Waals surface area contributed by atoms with E-state index in [4.69, 9.17) is 5.26 Å². The Labute approximate surface area is 164 Å². The van der Waals surface area contributed by atoms with Crippen LogP contribution in [0.15, 0.2) is 47.4 Å². The smallest absolute Gasteiger partial charge is 0.254 e. The molecule has 0 radical (unpaired) electrons. The molecule has 1 amide bonds. The van der Waals surface area contributed by atoms with Gasteiger partial charge in [0.1, 0.15) is 10.7 Å². The van der Waals surface area contributed by atoms with E-state index in [1.165, 1.54) is 20.2 Å². The van der Waals surface area contributed by atoms with Crippen molar-refractivity contribution in [1.29, 1.82) is 5.26 Å². The summed E-state index contributed by atoms with van der Waals surface area (Å²) in [6.45, 7) is 4.01. The van der Waals surface area contributed by atoms with Crippen LogP contribution in [0.25, 0.3) is 0 Å². The van der Waals surface area contributed by atoms with Gasteiger partial charge in [-0.05, 0) is 49.7 Å². The van der Waals surface area contributed by atoms with Crippen molar-refractivity contribution in [2.24, 2.45) is 0 Å². The Morgan fingerprint density at radius 2 is 1.79 bits per heavy atom. The van der Waals surface area contributed by atoms with Crippen LogP contribution in [0, 0.1) is 17.1 Å². The first-order valence-electron chi connectivity index (χ1n) is 8.66. The van der Waals surface area contributed by atoms with E-state index < -0.39 is 26.6 Å². The SMILES string of the molecule is CCN(C(=O)c1ccc(F)c(S(=O)(=O)N(C)C)c1)C(C)c1ccc(C#N)cc1. The largest absolute Gasteiger partial charge is 0.332 e. The third-order valence-corrected chi connectivity index (χ3v) is 6.36. The molecule has 0 aliphatic carbocycles. The number of hydrogen-bond acceptors (Lipinski definition) is 4. The number of nitrogens with zero attached hydrogens (tertiary/aromatic N) is 3. The van der Waals surface area contributed by atoms with Gasteiger partial charge in [-0.15, -0.1) is 0 Å². The number of halogens is 1. The summed E-state index contributed by atoms with van der Waals surface area (Å²) in [5, 5.41) is 8.91. The molecule has 0 heterocycles. The first kappa shape index (κ1) is 21.5. The Morgan fingerprint density at radius 3 is 2.29 bits per heavy atom. The van der Waals surface area contributed by atoms with E-state index in [1.54, 1.807) is 36.1 Å². The number of rotatable bonds is 6. The fraction of sp³-hybridized carbons (Fsp3) is 0.300. The molecule has 0 aromatic heterocycles. The van der Waals surface area contributed by atoms with Crippen LogP contribution in [0.2, 0.25) is 0 Å². The Morgan fingerprint density at radius 1 is 1.18 bits per heavy atom. The Kier molecular flexibility index (Phi) is 6.54. The predicted octanol–water partition coefficient (Wildman–Crippen LogP) is 3.17. The maximum absolute atomic E-state index is 14.1. The zero-order chi connectivity index (χ0) is 21.1. The van der Waals surface area contributed by atoms with E-state index in [0.717, 1.165) is 22.0 Å². The second-order valence-electron chi connectivity index (χ2n) is 6.43. The van der Waals surface area contributed by atoms with Crippen molar-refractivity contribution in [3.05, 3.63) is 65.0 Å². The molecular formula is C20H22FN3O3S. The quantitative estimate of drug-likeness (QED) is 0.742. The lowest BCUT2D eigenvalue weighted by molar-refractivity contribution is 0.0702. The van der Waals surface area contributed by atoms with Gasteiger partial charge in [-0.3, -0.25) is 4.79 Å². The van der Waals surface area contributed by atoms with Crippen LogP contribution in [0.5, 0.6) is 0 Å². The highest BCUT2D eigenvalue weighted by atomic mass is 32.2. The second kappa shape index (κ2) is 8.50. The van der Waals surface area contributed by atoms with Gasteiger partial charge in [0.2, 0.25) is 10.0 Å². The molecule has 1 unspecified atom stereocenters. The average Bonchev–Trinajstić information content (AvgIpc) is 2.68. The van der Waals surface area contributed by atoms with Gasteiger partial charge in [-0.1, -0.05) is 12.1 Å². The van der Waals surface area contributed by atoms with Gasteiger partial charge in [0.05, 0.1) is 17.7 Å². The fourth-order valence-corrected chi connectivity index (χ4v) is 3.79. The number of nitriles is 1. The molecule has 8 heteroatoms. The van der Waals surface area contributed by atoms with Crippen molar-refractivity contribution < 1.29 is 17.6 Å². The van der Waals surface area contributed by atoms with Crippen molar-refractivity contribution in [1.82, 2.24) is 9.21 Å². The summed E-state index contributed by atoms with van der Waals surface area (Å²) >= 11 is 0. The van der Waals surface area contributed by atoms with E-state index in [1.807, 2.05) is 13.0 Å². The Bertz CT molecular complexity index is 1010. The van der Waals surface area contributed by atoms with Crippen molar-refractivity contribution in [3.8, 4) is 6.07 Å². The summed E-state index contributed by atoms with van der Waals surface area (Å²) in [4.78, 5) is 14.0. The molecule has 0 bridgehead atoms. The molecular weight excluding hydrogens is 381 g/mol. The van der Waals surface area contributed by atoms with Gasteiger partial charge in [-0.25, -0.2) is 17.1 Å². The van der Waals surface area contributed by atoms with Crippen molar-refractivity contribution in [2.45, 2.75) is 24.8 Å². The number of hydrogen-bond donors (Lipinski definition) is 0. The molecule has 0 aliphatic rings. The van der Waals surface area contributed by atoms with Crippen molar-refractivity contribution >= 4 is 15.9 Å². The highest BCUT2D eigenvalue weighted by molar-refractivity contribution is 7.89. The molecule has 1 atom stereocenters. The molecule has 0 saturated heterocycles. The first-order valence-corrected chi connectivity index (χ1v) is 10.1. The summed E-state index contributed by atoms with van der Waals surface area (Å²) in [5.74, 6) is -1.32. The van der Waals surface area contributed by atoms with Crippen LogP contribution >= 0.6 is 0 Å². The van der Waals surface area contributed by atoms with Gasteiger partial charge in [-0.2, -0.15) is 5.26 Å². The molecule has 6 nitrogen and oxygen atoms in total. The zero-order valence-electron chi connectivity index (χ0n) is 16.2. The average molecular weight is 403 g/mol. The van der Waals surface area contributed by atoms with Gasteiger partial charge in [0, 0.05) is 26.2 Å². The molecule has 0 aliphatic heterocycles. The van der Waals surface area contributed by atoms with Gasteiger partial charge < -0.3 is 4.90 Å². The molecule has 28 heavy (non-hydrogen) atoms. The highest BCUT2D eigenvalue weighted by Gasteiger charge is 2.26. The lowest BCUT2D eigenvalue weighted by Crippen LogP contribution is -2.33. The Balaban J connectivity index is 2.41. The number of carbonyl (C=O) groups excluding carboxylic acids is 1. The summed E-state index contributed by atoms with van der Waals surface area (Å²) in [7, 11) is -1.42. The van der Waals surface area contributed by atoms with Crippen LogP contribution < -0.4 is 0 Å². The highest BCUT2D eigenvalue weighted by Crippen LogP contribution is 2.25. The van der Waals surface area contributed by atoms with Gasteiger partial charge >= 0.3 is 0 Å².